The molecule has 0 aliphatic carbocycles. The average molecular weight is 212 g/mol. The van der Waals surface area contributed by atoms with Crippen molar-refractivity contribution in [2.24, 2.45) is 0 Å². The van der Waals surface area contributed by atoms with Gasteiger partial charge in [0.25, 0.3) is 0 Å². The second-order valence-corrected chi connectivity index (χ2v) is 4.85. The van der Waals surface area contributed by atoms with E-state index < -0.39 is 13.7 Å². The van der Waals surface area contributed by atoms with Gasteiger partial charge in [0.15, 0.2) is 0 Å². The van der Waals surface area contributed by atoms with Crippen LogP contribution in [0, 0.1) is 0 Å². The molecule has 0 bridgehead atoms. The molecule has 0 saturated carbocycles. The molecule has 0 amide bonds. The van der Waals surface area contributed by atoms with Gasteiger partial charge >= 0.3 is 7.60 Å². The SMILES string of the molecule is O=P(O)(O)CCCCCC(O)CO. The van der Waals surface area contributed by atoms with E-state index in [1.807, 2.05) is 0 Å². The van der Waals surface area contributed by atoms with Crippen molar-refractivity contribution >= 4 is 7.60 Å². The fraction of sp³-hybridized carbons (Fsp3) is 1.00. The summed E-state index contributed by atoms with van der Waals surface area (Å²) in [6, 6.07) is 0. The van der Waals surface area contributed by atoms with Crippen molar-refractivity contribution in [2.45, 2.75) is 31.8 Å². The first kappa shape index (κ1) is 13.1. The Morgan fingerprint density at radius 1 is 1.15 bits per heavy atom. The summed E-state index contributed by atoms with van der Waals surface area (Å²) >= 11 is 0. The minimum atomic E-state index is -3.85. The molecule has 0 heterocycles. The Labute approximate surface area is 77.6 Å². The average Bonchev–Trinajstić information content (AvgIpc) is 2.01. The van der Waals surface area contributed by atoms with Gasteiger partial charge in [-0.15, -0.1) is 0 Å². The number of aliphatic hydroxyl groups is 2. The fourth-order valence-electron chi connectivity index (χ4n) is 0.966. The summed E-state index contributed by atoms with van der Waals surface area (Å²) in [7, 11) is -3.85. The first-order valence-electron chi connectivity index (χ1n) is 4.29. The molecule has 0 aromatic heterocycles. The maximum atomic E-state index is 10.4. The van der Waals surface area contributed by atoms with E-state index in [0.717, 1.165) is 0 Å². The quantitative estimate of drug-likeness (QED) is 0.354. The molecule has 0 aromatic carbocycles. The van der Waals surface area contributed by atoms with Gasteiger partial charge in [-0.2, -0.15) is 0 Å². The lowest BCUT2D eigenvalue weighted by Crippen LogP contribution is -2.11. The van der Waals surface area contributed by atoms with Gasteiger partial charge in [-0.1, -0.05) is 12.8 Å². The molecule has 0 aliphatic rings. The Morgan fingerprint density at radius 3 is 2.23 bits per heavy atom. The molecule has 13 heavy (non-hydrogen) atoms. The molecule has 0 aliphatic heterocycles. The van der Waals surface area contributed by atoms with E-state index in [9.17, 15) is 4.57 Å². The van der Waals surface area contributed by atoms with Gasteiger partial charge in [-0.3, -0.25) is 4.57 Å². The van der Waals surface area contributed by atoms with E-state index in [2.05, 4.69) is 0 Å². The van der Waals surface area contributed by atoms with Crippen LogP contribution in [0.5, 0.6) is 0 Å². The lowest BCUT2D eigenvalue weighted by atomic mass is 10.1. The Kier molecular flexibility index (Phi) is 6.55. The smallest absolute Gasteiger partial charge is 0.325 e. The highest BCUT2D eigenvalue weighted by atomic mass is 31.2. The Bertz CT molecular complexity index is 166. The van der Waals surface area contributed by atoms with Gasteiger partial charge in [-0.25, -0.2) is 0 Å². The summed E-state index contributed by atoms with van der Waals surface area (Å²) in [4.78, 5) is 17.0. The van der Waals surface area contributed by atoms with Crippen LogP contribution in [0.1, 0.15) is 25.7 Å². The van der Waals surface area contributed by atoms with Crippen molar-refractivity contribution in [3.63, 3.8) is 0 Å². The van der Waals surface area contributed by atoms with Crippen molar-refractivity contribution < 1.29 is 24.6 Å². The van der Waals surface area contributed by atoms with E-state index in [0.29, 0.717) is 25.7 Å². The van der Waals surface area contributed by atoms with Gasteiger partial charge in [0, 0.05) is 6.16 Å². The Hall–Kier alpha value is 0.0700. The number of hydrogen-bond acceptors (Lipinski definition) is 3. The summed E-state index contributed by atoms with van der Waals surface area (Å²) in [5, 5.41) is 17.4. The van der Waals surface area contributed by atoms with Gasteiger partial charge < -0.3 is 20.0 Å². The van der Waals surface area contributed by atoms with E-state index in [4.69, 9.17) is 20.0 Å². The molecule has 0 radical (unpaired) electrons. The van der Waals surface area contributed by atoms with Crippen LogP contribution in [-0.2, 0) is 4.57 Å². The zero-order valence-electron chi connectivity index (χ0n) is 7.46. The molecular formula is C7H17O5P. The highest BCUT2D eigenvalue weighted by Gasteiger charge is 2.11. The van der Waals surface area contributed by atoms with Crippen LogP contribution in [0.3, 0.4) is 0 Å². The van der Waals surface area contributed by atoms with Crippen LogP contribution in [0.4, 0.5) is 0 Å². The third-order valence-corrected chi connectivity index (χ3v) is 2.60. The summed E-state index contributed by atoms with van der Waals surface area (Å²) in [6.07, 6.45) is 1.50. The second kappa shape index (κ2) is 6.51. The largest absolute Gasteiger partial charge is 0.394 e. The molecule has 80 valence electrons. The highest BCUT2D eigenvalue weighted by Crippen LogP contribution is 2.35. The van der Waals surface area contributed by atoms with Crippen LogP contribution in [0.15, 0.2) is 0 Å². The third kappa shape index (κ3) is 9.99. The second-order valence-electron chi connectivity index (χ2n) is 3.07. The normalized spacial score (nSPS) is 14.5. The zero-order chi connectivity index (χ0) is 10.3. The molecule has 1 unspecified atom stereocenters. The summed E-state index contributed by atoms with van der Waals surface area (Å²) in [5.41, 5.74) is 0. The van der Waals surface area contributed by atoms with Gasteiger partial charge in [-0.05, 0) is 12.8 Å². The Morgan fingerprint density at radius 2 is 1.77 bits per heavy atom. The van der Waals surface area contributed by atoms with Crippen LogP contribution in [0.25, 0.3) is 0 Å². The molecule has 0 rings (SSSR count). The number of rotatable bonds is 7. The van der Waals surface area contributed by atoms with E-state index >= 15 is 0 Å². The van der Waals surface area contributed by atoms with Crippen molar-refractivity contribution in [3.05, 3.63) is 0 Å². The molecule has 1 atom stereocenters. The van der Waals surface area contributed by atoms with Gasteiger partial charge in [0.05, 0.1) is 12.7 Å². The molecule has 0 fully saturated rings. The first-order valence-corrected chi connectivity index (χ1v) is 6.09. The van der Waals surface area contributed by atoms with E-state index in [1.54, 1.807) is 0 Å². The molecule has 6 heteroatoms. The standard InChI is InChI=1S/C7H17O5P/c8-6-7(9)4-2-1-3-5-13(10,11)12/h7-9H,1-6H2,(H2,10,11,12). The predicted octanol–water partition coefficient (Wildman–Crippen LogP) is 0.0777. The van der Waals surface area contributed by atoms with Crippen LogP contribution in [0.2, 0.25) is 0 Å². The maximum Gasteiger partial charge on any atom is 0.325 e. The topological polar surface area (TPSA) is 98.0 Å². The molecule has 0 aromatic rings. The van der Waals surface area contributed by atoms with Crippen LogP contribution < -0.4 is 0 Å². The van der Waals surface area contributed by atoms with E-state index in [-0.39, 0.29) is 12.8 Å². The predicted molar refractivity (Wildman–Crippen MR) is 48.5 cm³/mol. The van der Waals surface area contributed by atoms with E-state index in [1.165, 1.54) is 0 Å². The van der Waals surface area contributed by atoms with Crippen molar-refractivity contribution in [1.29, 1.82) is 0 Å². The maximum absolute atomic E-state index is 10.4. The molecule has 0 saturated heterocycles. The monoisotopic (exact) mass is 212 g/mol. The summed E-state index contributed by atoms with van der Waals surface area (Å²) in [6.45, 7) is -0.251. The van der Waals surface area contributed by atoms with Crippen LogP contribution >= 0.6 is 7.60 Å². The summed E-state index contributed by atoms with van der Waals surface area (Å²) in [5.74, 6) is 0. The van der Waals surface area contributed by atoms with Crippen molar-refractivity contribution in [1.82, 2.24) is 0 Å². The first-order chi connectivity index (χ1) is 5.95. The fourth-order valence-corrected chi connectivity index (χ4v) is 1.60. The molecular weight excluding hydrogens is 195 g/mol. The summed E-state index contributed by atoms with van der Waals surface area (Å²) < 4.78 is 10.4. The molecule has 0 spiro atoms. The number of hydrogen-bond donors (Lipinski definition) is 4. The highest BCUT2D eigenvalue weighted by molar-refractivity contribution is 7.51. The lowest BCUT2D eigenvalue weighted by molar-refractivity contribution is 0.0861. The number of aliphatic hydroxyl groups excluding tert-OH is 2. The molecule has 4 N–H and O–H groups in total. The minimum absolute atomic E-state index is 0.0950. The van der Waals surface area contributed by atoms with Gasteiger partial charge in [0.2, 0.25) is 0 Å². The van der Waals surface area contributed by atoms with Crippen molar-refractivity contribution in [3.8, 4) is 0 Å². The lowest BCUT2D eigenvalue weighted by Gasteiger charge is -2.06. The van der Waals surface area contributed by atoms with Crippen molar-refractivity contribution in [2.75, 3.05) is 12.8 Å². The molecule has 5 nitrogen and oxygen atoms in total. The van der Waals surface area contributed by atoms with Crippen LogP contribution in [-0.4, -0.2) is 38.9 Å². The Balaban J connectivity index is 3.22. The zero-order valence-corrected chi connectivity index (χ0v) is 8.36. The minimum Gasteiger partial charge on any atom is -0.394 e. The van der Waals surface area contributed by atoms with Gasteiger partial charge in [0.1, 0.15) is 0 Å². The third-order valence-electron chi connectivity index (χ3n) is 1.70. The number of unbranched alkanes of at least 4 members (excludes halogenated alkanes) is 2.